The molecule has 0 aromatic heterocycles. The van der Waals surface area contributed by atoms with E-state index in [1.165, 1.54) is 4.90 Å². The van der Waals surface area contributed by atoms with Crippen LogP contribution in [0.25, 0.3) is 0 Å². The van der Waals surface area contributed by atoms with Crippen molar-refractivity contribution in [1.82, 2.24) is 4.90 Å². The van der Waals surface area contributed by atoms with Crippen molar-refractivity contribution in [2.24, 2.45) is 0 Å². The van der Waals surface area contributed by atoms with Crippen LogP contribution in [0.5, 0.6) is 0 Å². The second kappa shape index (κ2) is 6.04. The zero-order valence-electron chi connectivity index (χ0n) is 11.9. The summed E-state index contributed by atoms with van der Waals surface area (Å²) in [5.41, 5.74) is -0.641. The Kier molecular flexibility index (Phi) is 4.91. The smallest absolute Gasteiger partial charge is 0.411 e. The molecule has 1 aliphatic rings. The Morgan fingerprint density at radius 2 is 2.00 bits per heavy atom. The number of carbonyl (C=O) groups is 3. The van der Waals surface area contributed by atoms with E-state index in [-0.39, 0.29) is 31.8 Å². The first-order valence-corrected chi connectivity index (χ1v) is 6.42. The minimum atomic E-state index is -0.865. The number of hydrogen-bond acceptors (Lipinski definition) is 5. The van der Waals surface area contributed by atoms with Crippen molar-refractivity contribution in [2.75, 3.05) is 13.2 Å². The SMILES string of the molecule is CCOC(=O)[C@H]1CC(=O)CCN1C(=O)OC(C)(C)C. The molecule has 0 aromatic rings. The van der Waals surface area contributed by atoms with Crippen molar-refractivity contribution in [3.63, 3.8) is 0 Å². The van der Waals surface area contributed by atoms with Crippen LogP contribution in [0.2, 0.25) is 0 Å². The van der Waals surface area contributed by atoms with E-state index in [2.05, 4.69) is 0 Å². The van der Waals surface area contributed by atoms with Gasteiger partial charge in [0.15, 0.2) is 0 Å². The number of ether oxygens (including phenoxy) is 2. The molecule has 0 spiro atoms. The van der Waals surface area contributed by atoms with Crippen molar-refractivity contribution in [3.05, 3.63) is 0 Å². The molecule has 0 unspecified atom stereocenters. The summed E-state index contributed by atoms with van der Waals surface area (Å²) < 4.78 is 10.1. The predicted molar refractivity (Wildman–Crippen MR) is 67.6 cm³/mol. The number of ketones is 1. The fourth-order valence-corrected chi connectivity index (χ4v) is 1.82. The van der Waals surface area contributed by atoms with Crippen molar-refractivity contribution < 1.29 is 23.9 Å². The maximum absolute atomic E-state index is 12.0. The lowest BCUT2D eigenvalue weighted by atomic mass is 10.0. The first-order chi connectivity index (χ1) is 8.74. The highest BCUT2D eigenvalue weighted by Crippen LogP contribution is 2.19. The van der Waals surface area contributed by atoms with Crippen LogP contribution in [0.4, 0.5) is 4.79 Å². The Bertz CT molecular complexity index is 372. The average Bonchev–Trinajstić information content (AvgIpc) is 2.26. The molecular formula is C13H21NO5. The molecule has 0 radical (unpaired) electrons. The molecule has 1 atom stereocenters. The molecule has 0 bridgehead atoms. The van der Waals surface area contributed by atoms with Gasteiger partial charge in [-0.3, -0.25) is 9.69 Å². The molecule has 1 saturated heterocycles. The maximum Gasteiger partial charge on any atom is 0.411 e. The highest BCUT2D eigenvalue weighted by Gasteiger charge is 2.38. The molecule has 1 amide bonds. The average molecular weight is 271 g/mol. The third-order valence-corrected chi connectivity index (χ3v) is 2.62. The lowest BCUT2D eigenvalue weighted by Crippen LogP contribution is -2.52. The summed E-state index contributed by atoms with van der Waals surface area (Å²) in [6.45, 7) is 7.33. The molecule has 0 aliphatic carbocycles. The number of carbonyl (C=O) groups excluding carboxylic acids is 3. The van der Waals surface area contributed by atoms with Gasteiger partial charge in [0.25, 0.3) is 0 Å². The molecule has 0 aromatic carbocycles. The van der Waals surface area contributed by atoms with E-state index in [4.69, 9.17) is 9.47 Å². The Labute approximate surface area is 113 Å². The van der Waals surface area contributed by atoms with Crippen LogP contribution in [0, 0.1) is 0 Å². The summed E-state index contributed by atoms with van der Waals surface area (Å²) >= 11 is 0. The number of rotatable bonds is 2. The molecule has 19 heavy (non-hydrogen) atoms. The maximum atomic E-state index is 12.0. The second-order valence-corrected chi connectivity index (χ2v) is 5.43. The zero-order chi connectivity index (χ0) is 14.6. The first-order valence-electron chi connectivity index (χ1n) is 6.42. The Morgan fingerprint density at radius 3 is 2.53 bits per heavy atom. The monoisotopic (exact) mass is 271 g/mol. The number of nitrogens with zero attached hydrogens (tertiary/aromatic N) is 1. The molecule has 6 heteroatoms. The van der Waals surface area contributed by atoms with Gasteiger partial charge in [-0.1, -0.05) is 0 Å². The van der Waals surface area contributed by atoms with Crippen LogP contribution >= 0.6 is 0 Å². The summed E-state index contributed by atoms with van der Waals surface area (Å²) in [5, 5.41) is 0. The van der Waals surface area contributed by atoms with E-state index in [1.807, 2.05) is 0 Å². The van der Waals surface area contributed by atoms with E-state index in [1.54, 1.807) is 27.7 Å². The van der Waals surface area contributed by atoms with Crippen LogP contribution in [0.15, 0.2) is 0 Å². The van der Waals surface area contributed by atoms with E-state index in [0.29, 0.717) is 0 Å². The quantitative estimate of drug-likeness (QED) is 0.712. The van der Waals surface area contributed by atoms with Crippen molar-refractivity contribution in [1.29, 1.82) is 0 Å². The number of hydrogen-bond donors (Lipinski definition) is 0. The van der Waals surface area contributed by atoms with Crippen molar-refractivity contribution >= 4 is 17.8 Å². The summed E-state index contributed by atoms with van der Waals surface area (Å²) in [5.74, 6) is -0.598. The minimum Gasteiger partial charge on any atom is -0.464 e. The molecule has 0 N–H and O–H groups in total. The summed E-state index contributed by atoms with van der Waals surface area (Å²) in [6.07, 6.45) is -0.342. The Hall–Kier alpha value is -1.59. The van der Waals surface area contributed by atoms with E-state index in [0.717, 1.165) is 0 Å². The molecule has 1 rings (SSSR count). The van der Waals surface area contributed by atoms with Gasteiger partial charge in [-0.2, -0.15) is 0 Å². The molecule has 1 fully saturated rings. The highest BCUT2D eigenvalue weighted by molar-refractivity contribution is 5.91. The Balaban J connectivity index is 2.80. The largest absolute Gasteiger partial charge is 0.464 e. The first kappa shape index (κ1) is 15.5. The van der Waals surface area contributed by atoms with Gasteiger partial charge in [-0.05, 0) is 27.7 Å². The van der Waals surface area contributed by atoms with Gasteiger partial charge in [0.1, 0.15) is 17.4 Å². The fourth-order valence-electron chi connectivity index (χ4n) is 1.82. The van der Waals surface area contributed by atoms with Crippen LogP contribution in [0.3, 0.4) is 0 Å². The third-order valence-electron chi connectivity index (χ3n) is 2.62. The topological polar surface area (TPSA) is 72.9 Å². The van der Waals surface area contributed by atoms with Crippen LogP contribution < -0.4 is 0 Å². The van der Waals surface area contributed by atoms with Crippen molar-refractivity contribution in [3.8, 4) is 0 Å². The summed E-state index contributed by atoms with van der Waals surface area (Å²) in [6, 6.07) is -0.865. The van der Waals surface area contributed by atoms with Gasteiger partial charge >= 0.3 is 12.1 Å². The lowest BCUT2D eigenvalue weighted by Gasteiger charge is -2.34. The number of likely N-dealkylation sites (tertiary alicyclic amines) is 1. The van der Waals surface area contributed by atoms with Gasteiger partial charge < -0.3 is 9.47 Å². The van der Waals surface area contributed by atoms with Gasteiger partial charge in [-0.25, -0.2) is 9.59 Å². The molecule has 1 aliphatic heterocycles. The van der Waals surface area contributed by atoms with Gasteiger partial charge in [-0.15, -0.1) is 0 Å². The van der Waals surface area contributed by atoms with E-state index >= 15 is 0 Å². The van der Waals surface area contributed by atoms with Gasteiger partial charge in [0.05, 0.1) is 6.61 Å². The summed E-state index contributed by atoms with van der Waals surface area (Å²) in [7, 11) is 0. The minimum absolute atomic E-state index is 0.00191. The van der Waals surface area contributed by atoms with Crippen LogP contribution in [-0.4, -0.2) is 47.5 Å². The lowest BCUT2D eigenvalue weighted by molar-refractivity contribution is -0.152. The molecule has 108 valence electrons. The van der Waals surface area contributed by atoms with E-state index in [9.17, 15) is 14.4 Å². The normalized spacial score (nSPS) is 20.1. The molecule has 1 heterocycles. The van der Waals surface area contributed by atoms with Crippen LogP contribution in [-0.2, 0) is 19.1 Å². The third kappa shape index (κ3) is 4.54. The zero-order valence-corrected chi connectivity index (χ0v) is 11.9. The Morgan fingerprint density at radius 1 is 1.37 bits per heavy atom. The predicted octanol–water partition coefficient (Wildman–Crippen LogP) is 1.52. The van der Waals surface area contributed by atoms with Gasteiger partial charge in [0.2, 0.25) is 0 Å². The molecular weight excluding hydrogens is 250 g/mol. The van der Waals surface area contributed by atoms with E-state index < -0.39 is 23.7 Å². The standard InChI is InChI=1S/C13H21NO5/c1-5-18-11(16)10-8-9(15)6-7-14(10)12(17)19-13(2,3)4/h10H,5-8H2,1-4H3/t10-/m1/s1. The van der Waals surface area contributed by atoms with Crippen molar-refractivity contribution in [2.45, 2.75) is 52.2 Å². The van der Waals surface area contributed by atoms with Gasteiger partial charge in [0, 0.05) is 19.4 Å². The summed E-state index contributed by atoms with van der Waals surface area (Å²) in [4.78, 5) is 36.6. The number of esters is 1. The van der Waals surface area contributed by atoms with Crippen LogP contribution in [0.1, 0.15) is 40.5 Å². The number of Topliss-reactive ketones (excluding diaryl/α,β-unsaturated/α-hetero) is 1. The fraction of sp³-hybridized carbons (Fsp3) is 0.769. The molecule has 0 saturated carbocycles. The molecule has 6 nitrogen and oxygen atoms in total. The highest BCUT2D eigenvalue weighted by atomic mass is 16.6. The second-order valence-electron chi connectivity index (χ2n) is 5.43. The number of piperidine rings is 1. The number of amides is 1.